The lowest BCUT2D eigenvalue weighted by Gasteiger charge is -2.31. The number of likely N-dealkylation sites (tertiary alicyclic amines) is 1. The standard InChI is InChI=1S/C23H30N4O4/c1-15-4-6-26(7-5-15)22(29)17-12-16-18(14-24-19(16)13-20(17)31-3)21(28)23(30)27-10-8-25(2)9-11-27/h12-15,24H,4-11H2,1-3H3. The lowest BCUT2D eigenvalue weighted by Crippen LogP contribution is -2.49. The van der Waals surface area contributed by atoms with Gasteiger partial charge in [0.15, 0.2) is 0 Å². The summed E-state index contributed by atoms with van der Waals surface area (Å²) in [5.41, 5.74) is 1.38. The number of fused-ring (bicyclic) bond motifs is 1. The Morgan fingerprint density at radius 2 is 1.65 bits per heavy atom. The number of amides is 2. The molecule has 0 aliphatic carbocycles. The first-order valence-corrected chi connectivity index (χ1v) is 10.9. The number of H-pyrrole nitrogens is 1. The van der Waals surface area contributed by atoms with E-state index in [-0.39, 0.29) is 5.91 Å². The van der Waals surface area contributed by atoms with Gasteiger partial charge in [0.1, 0.15) is 5.75 Å². The lowest BCUT2D eigenvalue weighted by atomic mass is 9.98. The van der Waals surface area contributed by atoms with Crippen LogP contribution in [0.1, 0.15) is 40.5 Å². The van der Waals surface area contributed by atoms with Gasteiger partial charge in [0, 0.05) is 62.4 Å². The maximum absolute atomic E-state index is 13.2. The summed E-state index contributed by atoms with van der Waals surface area (Å²) in [6, 6.07) is 3.42. The Hall–Kier alpha value is -2.87. The summed E-state index contributed by atoms with van der Waals surface area (Å²) in [6.07, 6.45) is 3.50. The summed E-state index contributed by atoms with van der Waals surface area (Å²) in [4.78, 5) is 47.7. The summed E-state index contributed by atoms with van der Waals surface area (Å²) >= 11 is 0. The van der Waals surface area contributed by atoms with E-state index in [1.165, 1.54) is 7.11 Å². The molecule has 8 nitrogen and oxygen atoms in total. The van der Waals surface area contributed by atoms with Crippen molar-refractivity contribution in [3.05, 3.63) is 29.5 Å². The van der Waals surface area contributed by atoms with E-state index in [0.717, 1.165) is 25.9 Å². The summed E-state index contributed by atoms with van der Waals surface area (Å²) in [7, 11) is 3.53. The molecular weight excluding hydrogens is 396 g/mol. The number of methoxy groups -OCH3 is 1. The molecule has 2 aliphatic rings. The fourth-order valence-electron chi connectivity index (χ4n) is 4.32. The Bertz CT molecular complexity index is 998. The van der Waals surface area contributed by atoms with Gasteiger partial charge in [-0.15, -0.1) is 0 Å². The van der Waals surface area contributed by atoms with E-state index in [0.29, 0.717) is 59.9 Å². The van der Waals surface area contributed by atoms with Crippen LogP contribution in [0.15, 0.2) is 18.3 Å². The number of aromatic nitrogens is 1. The Morgan fingerprint density at radius 3 is 2.29 bits per heavy atom. The first kappa shape index (κ1) is 21.4. The first-order valence-electron chi connectivity index (χ1n) is 10.9. The van der Waals surface area contributed by atoms with Crippen LogP contribution in [0.4, 0.5) is 0 Å². The number of rotatable bonds is 4. The van der Waals surface area contributed by atoms with Crippen molar-refractivity contribution < 1.29 is 19.1 Å². The third kappa shape index (κ3) is 4.17. The Labute approximate surface area is 182 Å². The fourth-order valence-corrected chi connectivity index (χ4v) is 4.32. The second kappa shape index (κ2) is 8.70. The van der Waals surface area contributed by atoms with Crippen LogP contribution >= 0.6 is 0 Å². The predicted octanol–water partition coefficient (Wildman–Crippen LogP) is 2.01. The zero-order valence-corrected chi connectivity index (χ0v) is 18.4. The van der Waals surface area contributed by atoms with Crippen molar-refractivity contribution in [2.45, 2.75) is 19.8 Å². The Morgan fingerprint density at radius 1 is 0.968 bits per heavy atom. The number of hydrogen-bond acceptors (Lipinski definition) is 5. The maximum atomic E-state index is 13.2. The molecule has 1 aromatic heterocycles. The largest absolute Gasteiger partial charge is 0.496 e. The molecule has 3 heterocycles. The molecule has 0 saturated carbocycles. The normalized spacial score (nSPS) is 18.4. The first-order chi connectivity index (χ1) is 14.9. The van der Waals surface area contributed by atoms with Crippen molar-refractivity contribution in [3.63, 3.8) is 0 Å². The van der Waals surface area contributed by atoms with E-state index in [9.17, 15) is 14.4 Å². The number of piperazine rings is 1. The second-order valence-electron chi connectivity index (χ2n) is 8.70. The van der Waals surface area contributed by atoms with Crippen molar-refractivity contribution in [2.75, 3.05) is 53.4 Å². The number of benzene rings is 1. The molecule has 166 valence electrons. The summed E-state index contributed by atoms with van der Waals surface area (Å²) in [6.45, 7) is 6.19. The number of nitrogens with zero attached hydrogens (tertiary/aromatic N) is 3. The van der Waals surface area contributed by atoms with Gasteiger partial charge in [0.2, 0.25) is 0 Å². The summed E-state index contributed by atoms with van der Waals surface area (Å²) in [5, 5.41) is 0.571. The van der Waals surface area contributed by atoms with Gasteiger partial charge in [0.25, 0.3) is 17.6 Å². The van der Waals surface area contributed by atoms with Gasteiger partial charge in [-0.2, -0.15) is 0 Å². The van der Waals surface area contributed by atoms with Crippen molar-refractivity contribution >= 4 is 28.5 Å². The smallest absolute Gasteiger partial charge is 0.295 e. The van der Waals surface area contributed by atoms with Crippen LogP contribution < -0.4 is 4.74 Å². The summed E-state index contributed by atoms with van der Waals surface area (Å²) in [5.74, 6) is -0.0743. The fraction of sp³-hybridized carbons (Fsp3) is 0.522. The van der Waals surface area contributed by atoms with Crippen molar-refractivity contribution in [3.8, 4) is 5.75 Å². The highest BCUT2D eigenvalue weighted by molar-refractivity contribution is 6.45. The molecule has 0 unspecified atom stereocenters. The highest BCUT2D eigenvalue weighted by Crippen LogP contribution is 2.30. The summed E-state index contributed by atoms with van der Waals surface area (Å²) < 4.78 is 5.48. The highest BCUT2D eigenvalue weighted by Gasteiger charge is 2.29. The number of ether oxygens (including phenoxy) is 1. The van der Waals surface area contributed by atoms with Crippen LogP contribution in [0.3, 0.4) is 0 Å². The minimum Gasteiger partial charge on any atom is -0.496 e. The molecule has 2 saturated heterocycles. The molecule has 1 aromatic carbocycles. The van der Waals surface area contributed by atoms with E-state index in [2.05, 4.69) is 16.8 Å². The van der Waals surface area contributed by atoms with Gasteiger partial charge >= 0.3 is 0 Å². The third-order valence-electron chi connectivity index (χ3n) is 6.53. The minimum absolute atomic E-state index is 0.101. The second-order valence-corrected chi connectivity index (χ2v) is 8.70. The number of piperidine rings is 1. The third-order valence-corrected chi connectivity index (χ3v) is 6.53. The molecule has 0 bridgehead atoms. The molecule has 0 spiro atoms. The zero-order valence-electron chi connectivity index (χ0n) is 18.4. The lowest BCUT2D eigenvalue weighted by molar-refractivity contribution is -0.127. The number of aromatic amines is 1. The average molecular weight is 427 g/mol. The van der Waals surface area contributed by atoms with Crippen LogP contribution in [0.5, 0.6) is 5.75 Å². The SMILES string of the molecule is COc1cc2[nH]cc(C(=O)C(=O)N3CCN(C)CC3)c2cc1C(=O)N1CCC(C)CC1. The molecule has 1 N–H and O–H groups in total. The molecule has 2 amide bonds. The molecule has 2 fully saturated rings. The molecule has 8 heteroatoms. The quantitative estimate of drug-likeness (QED) is 0.597. The topological polar surface area (TPSA) is 86.0 Å². The van der Waals surface area contributed by atoms with Crippen molar-refractivity contribution in [1.29, 1.82) is 0 Å². The predicted molar refractivity (Wildman–Crippen MR) is 118 cm³/mol. The number of carbonyl (C=O) groups excluding carboxylic acids is 3. The molecule has 2 aromatic rings. The van der Waals surface area contributed by atoms with Gasteiger partial charge in [-0.1, -0.05) is 6.92 Å². The van der Waals surface area contributed by atoms with E-state index in [4.69, 9.17) is 4.74 Å². The molecule has 2 aliphatic heterocycles. The van der Waals surface area contributed by atoms with Crippen molar-refractivity contribution in [2.24, 2.45) is 5.92 Å². The van der Waals surface area contributed by atoms with E-state index >= 15 is 0 Å². The highest BCUT2D eigenvalue weighted by atomic mass is 16.5. The molecule has 0 radical (unpaired) electrons. The molecular formula is C23H30N4O4. The number of carbonyl (C=O) groups is 3. The Balaban J connectivity index is 1.63. The van der Waals surface area contributed by atoms with E-state index in [1.54, 1.807) is 23.2 Å². The van der Waals surface area contributed by atoms with Gasteiger partial charge < -0.3 is 24.4 Å². The Kier molecular flexibility index (Phi) is 6.00. The van der Waals surface area contributed by atoms with Crippen LogP contribution in [0, 0.1) is 5.92 Å². The molecule has 4 rings (SSSR count). The monoisotopic (exact) mass is 426 g/mol. The van der Waals surface area contributed by atoms with Crippen LogP contribution in [0.25, 0.3) is 10.9 Å². The average Bonchev–Trinajstić information content (AvgIpc) is 3.20. The number of Topliss-reactive ketones (excluding diaryl/α,β-unsaturated/α-hetero) is 1. The zero-order chi connectivity index (χ0) is 22.1. The molecule has 31 heavy (non-hydrogen) atoms. The van der Waals surface area contributed by atoms with Gasteiger partial charge in [-0.25, -0.2) is 0 Å². The van der Waals surface area contributed by atoms with E-state index < -0.39 is 11.7 Å². The van der Waals surface area contributed by atoms with Crippen LogP contribution in [-0.4, -0.2) is 90.7 Å². The van der Waals surface area contributed by atoms with Gasteiger partial charge in [-0.05, 0) is 31.9 Å². The number of ketones is 1. The number of likely N-dealkylation sites (N-methyl/N-ethyl adjacent to an activating group) is 1. The minimum atomic E-state index is -0.550. The van der Waals surface area contributed by atoms with Crippen molar-refractivity contribution in [1.82, 2.24) is 19.7 Å². The number of hydrogen-bond donors (Lipinski definition) is 1. The number of nitrogens with one attached hydrogen (secondary N) is 1. The van der Waals surface area contributed by atoms with Crippen LogP contribution in [0.2, 0.25) is 0 Å². The van der Waals surface area contributed by atoms with E-state index in [1.807, 2.05) is 11.9 Å². The van der Waals surface area contributed by atoms with Gasteiger partial charge in [-0.3, -0.25) is 14.4 Å². The van der Waals surface area contributed by atoms with Gasteiger partial charge in [0.05, 0.1) is 18.2 Å². The maximum Gasteiger partial charge on any atom is 0.295 e. The molecule has 0 atom stereocenters. The van der Waals surface area contributed by atoms with Crippen LogP contribution in [-0.2, 0) is 4.79 Å².